The van der Waals surface area contributed by atoms with E-state index in [0.29, 0.717) is 35.9 Å². The van der Waals surface area contributed by atoms with Gasteiger partial charge in [-0.15, -0.1) is 0 Å². The van der Waals surface area contributed by atoms with E-state index in [2.05, 4.69) is 33.7 Å². The number of hydrogen-bond donors (Lipinski definition) is 2. The van der Waals surface area contributed by atoms with Crippen LogP contribution in [0, 0.1) is 11.3 Å². The second kappa shape index (κ2) is 11.1. The zero-order valence-corrected chi connectivity index (χ0v) is 18.2. The van der Waals surface area contributed by atoms with Gasteiger partial charge in [0.2, 0.25) is 0 Å². The summed E-state index contributed by atoms with van der Waals surface area (Å²) in [7, 11) is 0. The molecule has 1 saturated heterocycles. The Hall–Kier alpha value is -3.86. The Morgan fingerprint density at radius 1 is 1.06 bits per heavy atom. The number of amides is 2. The van der Waals surface area contributed by atoms with Crippen molar-refractivity contribution >= 4 is 11.7 Å². The molecule has 1 unspecified atom stereocenters. The summed E-state index contributed by atoms with van der Waals surface area (Å²) in [6, 6.07) is 26.2. The number of carbonyl (C=O) groups is 1. The Bertz CT molecular complexity index is 1100. The first-order valence-electron chi connectivity index (χ1n) is 10.9. The fourth-order valence-corrected chi connectivity index (χ4v) is 3.65. The molecule has 0 aliphatic carbocycles. The number of para-hydroxylation sites is 1. The van der Waals surface area contributed by atoms with Crippen LogP contribution >= 0.6 is 0 Å². The molecule has 33 heavy (non-hydrogen) atoms. The topological polar surface area (TPSA) is 86.6 Å². The van der Waals surface area contributed by atoms with E-state index < -0.39 is 0 Å². The Morgan fingerprint density at radius 2 is 1.82 bits per heavy atom. The minimum atomic E-state index is -0.290. The highest BCUT2D eigenvalue weighted by molar-refractivity contribution is 5.89. The van der Waals surface area contributed by atoms with E-state index in [1.807, 2.05) is 24.3 Å². The van der Waals surface area contributed by atoms with E-state index in [1.165, 1.54) is 5.56 Å². The van der Waals surface area contributed by atoms with E-state index in [4.69, 9.17) is 14.7 Å². The van der Waals surface area contributed by atoms with Crippen LogP contribution in [0.2, 0.25) is 0 Å². The average molecular weight is 443 g/mol. The quantitative estimate of drug-likeness (QED) is 0.567. The molecule has 0 spiro atoms. The van der Waals surface area contributed by atoms with Crippen LogP contribution in [0.4, 0.5) is 10.5 Å². The van der Waals surface area contributed by atoms with Crippen LogP contribution in [0.3, 0.4) is 0 Å². The van der Waals surface area contributed by atoms with Gasteiger partial charge in [-0.3, -0.25) is 4.90 Å². The van der Waals surface area contributed by atoms with Gasteiger partial charge < -0.3 is 20.1 Å². The highest BCUT2D eigenvalue weighted by atomic mass is 16.5. The van der Waals surface area contributed by atoms with Crippen LogP contribution in [0.1, 0.15) is 11.1 Å². The van der Waals surface area contributed by atoms with Gasteiger partial charge in [-0.05, 0) is 42.0 Å². The zero-order valence-electron chi connectivity index (χ0n) is 18.2. The normalized spacial score (nSPS) is 15.9. The van der Waals surface area contributed by atoms with Crippen molar-refractivity contribution in [2.45, 2.75) is 12.6 Å². The van der Waals surface area contributed by atoms with Crippen LogP contribution < -0.4 is 15.4 Å². The average Bonchev–Trinajstić information content (AvgIpc) is 2.85. The molecule has 3 aromatic rings. The number of carbonyl (C=O) groups excluding carboxylic acids is 1. The van der Waals surface area contributed by atoms with E-state index in [-0.39, 0.29) is 12.1 Å². The van der Waals surface area contributed by atoms with E-state index >= 15 is 0 Å². The highest BCUT2D eigenvalue weighted by Crippen LogP contribution is 2.25. The van der Waals surface area contributed by atoms with Crippen molar-refractivity contribution < 1.29 is 14.3 Å². The summed E-state index contributed by atoms with van der Waals surface area (Å²) in [6.45, 7) is 3.61. The van der Waals surface area contributed by atoms with E-state index in [9.17, 15) is 4.79 Å². The fourth-order valence-electron chi connectivity index (χ4n) is 3.65. The number of anilines is 1. The number of benzene rings is 3. The van der Waals surface area contributed by atoms with Crippen LogP contribution in [-0.2, 0) is 11.3 Å². The molecule has 0 bridgehead atoms. The van der Waals surface area contributed by atoms with Crippen molar-refractivity contribution in [2.75, 3.05) is 31.6 Å². The molecule has 0 radical (unpaired) electrons. The Morgan fingerprint density at radius 3 is 2.61 bits per heavy atom. The van der Waals surface area contributed by atoms with Gasteiger partial charge in [0.1, 0.15) is 17.6 Å². The van der Waals surface area contributed by atoms with Gasteiger partial charge in [0.05, 0.1) is 18.3 Å². The molecule has 7 heteroatoms. The summed E-state index contributed by atoms with van der Waals surface area (Å²) in [6.07, 6.45) is -0.0517. The SMILES string of the molecule is N#Cc1ccccc1Oc1ccc(NC(=O)NCC2CN(Cc3ccccc3)CCO2)cc1. The molecule has 1 aliphatic rings. The molecular formula is C26H26N4O3. The lowest BCUT2D eigenvalue weighted by atomic mass is 10.2. The van der Waals surface area contributed by atoms with Crippen LogP contribution in [-0.4, -0.2) is 43.3 Å². The predicted octanol–water partition coefficient (Wildman–Crippen LogP) is 4.37. The van der Waals surface area contributed by atoms with Gasteiger partial charge in [0.15, 0.2) is 0 Å². The van der Waals surface area contributed by atoms with Gasteiger partial charge >= 0.3 is 6.03 Å². The zero-order chi connectivity index (χ0) is 22.9. The number of nitrogens with zero attached hydrogens (tertiary/aromatic N) is 2. The van der Waals surface area contributed by atoms with E-state index in [1.54, 1.807) is 42.5 Å². The third kappa shape index (κ3) is 6.56. The monoisotopic (exact) mass is 442 g/mol. The summed E-state index contributed by atoms with van der Waals surface area (Å²) < 4.78 is 11.6. The number of urea groups is 1. The Balaban J connectivity index is 1.23. The molecule has 3 aromatic carbocycles. The second-order valence-corrected chi connectivity index (χ2v) is 7.78. The minimum Gasteiger partial charge on any atom is -0.456 e. The van der Waals surface area contributed by atoms with Crippen molar-refractivity contribution in [3.05, 3.63) is 90.0 Å². The maximum atomic E-state index is 12.3. The standard InChI is InChI=1S/C26H26N4O3/c27-16-21-8-4-5-9-25(21)33-23-12-10-22(11-13-23)29-26(31)28-17-24-19-30(14-15-32-24)18-20-6-2-1-3-7-20/h1-13,24H,14-15,17-19H2,(H2,28,29,31). The molecule has 1 aliphatic heterocycles. The molecule has 2 amide bonds. The molecular weight excluding hydrogens is 416 g/mol. The molecule has 1 heterocycles. The van der Waals surface area contributed by atoms with E-state index in [0.717, 1.165) is 19.6 Å². The lowest BCUT2D eigenvalue weighted by Crippen LogP contribution is -2.47. The molecule has 1 atom stereocenters. The fraction of sp³-hybridized carbons (Fsp3) is 0.231. The predicted molar refractivity (Wildman–Crippen MR) is 126 cm³/mol. The first kappa shape index (κ1) is 22.3. The second-order valence-electron chi connectivity index (χ2n) is 7.78. The molecule has 4 rings (SSSR count). The van der Waals surface area contributed by atoms with Crippen molar-refractivity contribution in [1.82, 2.24) is 10.2 Å². The molecule has 2 N–H and O–H groups in total. The maximum absolute atomic E-state index is 12.3. The number of hydrogen-bond acceptors (Lipinski definition) is 5. The lowest BCUT2D eigenvalue weighted by molar-refractivity contribution is -0.0285. The number of morpholine rings is 1. The molecule has 1 fully saturated rings. The summed E-state index contributed by atoms with van der Waals surface area (Å²) in [5.41, 5.74) is 2.38. The third-order valence-corrected chi connectivity index (χ3v) is 5.31. The lowest BCUT2D eigenvalue weighted by Gasteiger charge is -2.33. The van der Waals surface area contributed by atoms with Crippen LogP contribution in [0.15, 0.2) is 78.9 Å². The van der Waals surface area contributed by atoms with Gasteiger partial charge in [0.25, 0.3) is 0 Å². The smallest absolute Gasteiger partial charge is 0.319 e. The largest absolute Gasteiger partial charge is 0.456 e. The number of nitrogens with one attached hydrogen (secondary N) is 2. The Kier molecular flexibility index (Phi) is 7.54. The summed E-state index contributed by atoms with van der Waals surface area (Å²) in [5.74, 6) is 1.07. The van der Waals surface area contributed by atoms with Crippen molar-refractivity contribution in [1.29, 1.82) is 5.26 Å². The van der Waals surface area contributed by atoms with Gasteiger partial charge in [-0.25, -0.2) is 4.79 Å². The molecule has 168 valence electrons. The van der Waals surface area contributed by atoms with Gasteiger partial charge in [-0.2, -0.15) is 5.26 Å². The number of ether oxygens (including phenoxy) is 2. The highest BCUT2D eigenvalue weighted by Gasteiger charge is 2.21. The minimum absolute atomic E-state index is 0.0517. The van der Waals surface area contributed by atoms with Gasteiger partial charge in [-0.1, -0.05) is 42.5 Å². The van der Waals surface area contributed by atoms with Crippen molar-refractivity contribution in [3.63, 3.8) is 0 Å². The Labute approximate surface area is 193 Å². The first-order valence-corrected chi connectivity index (χ1v) is 10.9. The van der Waals surface area contributed by atoms with Gasteiger partial charge in [0, 0.05) is 31.9 Å². The van der Waals surface area contributed by atoms with Crippen LogP contribution in [0.5, 0.6) is 11.5 Å². The first-order chi connectivity index (χ1) is 16.2. The molecule has 0 aromatic heterocycles. The van der Waals surface area contributed by atoms with Crippen molar-refractivity contribution in [3.8, 4) is 17.6 Å². The summed E-state index contributed by atoms with van der Waals surface area (Å²) in [4.78, 5) is 14.7. The van der Waals surface area contributed by atoms with Crippen LogP contribution in [0.25, 0.3) is 0 Å². The molecule has 0 saturated carbocycles. The number of rotatable bonds is 7. The summed E-state index contributed by atoms with van der Waals surface area (Å²) in [5, 5.41) is 14.9. The number of nitriles is 1. The maximum Gasteiger partial charge on any atom is 0.319 e. The molecule has 7 nitrogen and oxygen atoms in total. The summed E-state index contributed by atoms with van der Waals surface area (Å²) >= 11 is 0. The van der Waals surface area contributed by atoms with Crippen molar-refractivity contribution in [2.24, 2.45) is 0 Å². The third-order valence-electron chi connectivity index (χ3n) is 5.31.